The Bertz CT molecular complexity index is 1390. The van der Waals surface area contributed by atoms with Crippen molar-refractivity contribution in [1.29, 1.82) is 0 Å². The number of nitrogens with one attached hydrogen (secondary N) is 1. The molecule has 1 aromatic heterocycles. The zero-order chi connectivity index (χ0) is 24.7. The molecule has 2 aromatic carbocycles. The number of nitrogens with two attached hydrogens (primary N) is 1. The summed E-state index contributed by atoms with van der Waals surface area (Å²) >= 11 is 0. The SMILES string of the molecule is Cc1cccc(C)c1-c1cc(N2C(=O)OC3CCCCC32)nc(NS(=O)(=O)c2cccc(N)c2)n1. The maximum absolute atomic E-state index is 13.1. The second-order valence-corrected chi connectivity index (χ2v) is 10.7. The molecule has 0 bridgehead atoms. The number of aryl methyl sites for hydroxylation is 2. The van der Waals surface area contributed by atoms with Crippen LogP contribution in [0.25, 0.3) is 11.3 Å². The van der Waals surface area contributed by atoms with Crippen LogP contribution in [0.5, 0.6) is 0 Å². The highest BCUT2D eigenvalue weighted by Crippen LogP contribution is 2.37. The number of hydrogen-bond acceptors (Lipinski definition) is 7. The summed E-state index contributed by atoms with van der Waals surface area (Å²) in [6.45, 7) is 3.92. The predicted octanol–water partition coefficient (Wildman–Crippen LogP) is 4.41. The Hall–Kier alpha value is -3.66. The number of nitrogen functional groups attached to an aromatic ring is 1. The number of nitrogens with zero attached hydrogens (tertiary/aromatic N) is 3. The molecule has 3 N–H and O–H groups in total. The third kappa shape index (κ3) is 4.41. The van der Waals surface area contributed by atoms with E-state index < -0.39 is 16.1 Å². The zero-order valence-corrected chi connectivity index (χ0v) is 20.4. The Morgan fingerprint density at radius 2 is 1.74 bits per heavy atom. The normalized spacial score (nSPS) is 19.8. The molecule has 182 valence electrons. The van der Waals surface area contributed by atoms with E-state index >= 15 is 0 Å². The summed E-state index contributed by atoms with van der Waals surface area (Å²) in [6, 6.07) is 13.4. The van der Waals surface area contributed by atoms with Gasteiger partial charge in [-0.1, -0.05) is 30.7 Å². The van der Waals surface area contributed by atoms with Crippen LogP contribution in [0.1, 0.15) is 36.8 Å². The minimum absolute atomic E-state index is 0.00643. The summed E-state index contributed by atoms with van der Waals surface area (Å²) in [5.41, 5.74) is 9.42. The molecular formula is C25H27N5O4S. The van der Waals surface area contributed by atoms with Gasteiger partial charge in [0.15, 0.2) is 0 Å². The first-order valence-corrected chi connectivity index (χ1v) is 13.0. The number of hydrogen-bond donors (Lipinski definition) is 2. The molecule has 9 nitrogen and oxygen atoms in total. The lowest BCUT2D eigenvalue weighted by molar-refractivity contribution is 0.113. The highest BCUT2D eigenvalue weighted by Gasteiger charge is 2.44. The smallest absolute Gasteiger partial charge is 0.416 e. The Labute approximate surface area is 204 Å². The van der Waals surface area contributed by atoms with E-state index in [2.05, 4.69) is 14.7 Å². The molecule has 2 atom stereocenters. The molecule has 0 spiro atoms. The van der Waals surface area contributed by atoms with Crippen LogP contribution in [0.2, 0.25) is 0 Å². The number of anilines is 3. The maximum Gasteiger partial charge on any atom is 0.416 e. The Balaban J connectivity index is 1.62. The highest BCUT2D eigenvalue weighted by atomic mass is 32.2. The molecule has 1 amide bonds. The molecular weight excluding hydrogens is 466 g/mol. The van der Waals surface area contributed by atoms with E-state index in [9.17, 15) is 13.2 Å². The van der Waals surface area contributed by atoms with Crippen molar-refractivity contribution in [1.82, 2.24) is 9.97 Å². The van der Waals surface area contributed by atoms with Crippen LogP contribution in [0.4, 0.5) is 22.2 Å². The van der Waals surface area contributed by atoms with E-state index in [1.54, 1.807) is 23.1 Å². The molecule has 1 saturated heterocycles. The van der Waals surface area contributed by atoms with Crippen LogP contribution in [0.3, 0.4) is 0 Å². The third-order valence-corrected chi connectivity index (χ3v) is 7.86. The Morgan fingerprint density at radius 1 is 1.03 bits per heavy atom. The summed E-state index contributed by atoms with van der Waals surface area (Å²) in [7, 11) is -4.02. The highest BCUT2D eigenvalue weighted by molar-refractivity contribution is 7.92. The molecule has 2 heterocycles. The van der Waals surface area contributed by atoms with Crippen LogP contribution < -0.4 is 15.4 Å². The molecule has 5 rings (SSSR count). The third-order valence-electron chi connectivity index (χ3n) is 6.54. The van der Waals surface area contributed by atoms with Crippen molar-refractivity contribution >= 4 is 33.6 Å². The van der Waals surface area contributed by atoms with Crippen LogP contribution >= 0.6 is 0 Å². The van der Waals surface area contributed by atoms with E-state index in [1.807, 2.05) is 32.0 Å². The van der Waals surface area contributed by atoms with Gasteiger partial charge in [0.1, 0.15) is 11.9 Å². The number of carbonyl (C=O) groups is 1. The minimum atomic E-state index is -4.02. The summed E-state index contributed by atoms with van der Waals surface area (Å²) < 4.78 is 34.3. The van der Waals surface area contributed by atoms with Crippen molar-refractivity contribution in [3.8, 4) is 11.3 Å². The van der Waals surface area contributed by atoms with Gasteiger partial charge in [0, 0.05) is 17.3 Å². The van der Waals surface area contributed by atoms with Gasteiger partial charge < -0.3 is 10.5 Å². The van der Waals surface area contributed by atoms with Gasteiger partial charge in [0.2, 0.25) is 5.95 Å². The van der Waals surface area contributed by atoms with Crippen molar-refractivity contribution in [3.63, 3.8) is 0 Å². The topological polar surface area (TPSA) is 128 Å². The van der Waals surface area contributed by atoms with Crippen LogP contribution in [-0.4, -0.2) is 36.6 Å². The van der Waals surface area contributed by atoms with Gasteiger partial charge in [0.05, 0.1) is 16.6 Å². The van der Waals surface area contributed by atoms with Gasteiger partial charge in [-0.05, 0) is 62.4 Å². The standard InChI is InChI=1S/C25H27N5O4S/c1-15-7-5-8-16(2)23(15)19-14-22(30-20-11-3-4-12-21(20)34-25(30)31)28-24(27-19)29-35(32,33)18-10-6-9-17(26)13-18/h5-10,13-14,20-21H,3-4,11-12,26H2,1-2H3,(H,27,28,29). The van der Waals surface area contributed by atoms with E-state index in [0.29, 0.717) is 17.2 Å². The van der Waals surface area contributed by atoms with E-state index in [-0.39, 0.29) is 23.0 Å². The van der Waals surface area contributed by atoms with Crippen molar-refractivity contribution < 1.29 is 17.9 Å². The van der Waals surface area contributed by atoms with Gasteiger partial charge in [-0.15, -0.1) is 0 Å². The average Bonchev–Trinajstić information content (AvgIpc) is 3.14. The quantitative estimate of drug-likeness (QED) is 0.504. The fourth-order valence-electron chi connectivity index (χ4n) is 4.91. The maximum atomic E-state index is 13.1. The Morgan fingerprint density at radius 3 is 2.49 bits per heavy atom. The van der Waals surface area contributed by atoms with Crippen LogP contribution in [-0.2, 0) is 14.8 Å². The summed E-state index contributed by atoms with van der Waals surface area (Å²) in [5.74, 6) is 0.178. The first-order valence-electron chi connectivity index (χ1n) is 11.6. The van der Waals surface area contributed by atoms with Gasteiger partial charge in [-0.2, -0.15) is 4.98 Å². The summed E-state index contributed by atoms with van der Waals surface area (Å²) in [5, 5.41) is 0. The number of ether oxygens (including phenoxy) is 1. The van der Waals surface area contributed by atoms with E-state index in [1.165, 1.54) is 12.1 Å². The first kappa shape index (κ1) is 23.1. The average molecular weight is 494 g/mol. The molecule has 0 radical (unpaired) electrons. The molecule has 10 heteroatoms. The number of rotatable bonds is 5. The lowest BCUT2D eigenvalue weighted by atomic mass is 9.92. The first-order chi connectivity index (χ1) is 16.7. The molecule has 2 fully saturated rings. The minimum Gasteiger partial charge on any atom is -0.444 e. The second-order valence-electron chi connectivity index (χ2n) is 9.02. The predicted molar refractivity (Wildman–Crippen MR) is 134 cm³/mol. The number of carbonyl (C=O) groups excluding carboxylic acids is 1. The van der Waals surface area contributed by atoms with Gasteiger partial charge in [-0.25, -0.2) is 22.9 Å². The number of sulfonamides is 1. The van der Waals surface area contributed by atoms with Crippen molar-refractivity contribution in [2.24, 2.45) is 0 Å². The molecule has 2 aliphatic rings. The lowest BCUT2D eigenvalue weighted by Gasteiger charge is -2.27. The fraction of sp³-hybridized carbons (Fsp3) is 0.320. The number of fused-ring (bicyclic) bond motifs is 1. The van der Waals surface area contributed by atoms with E-state index in [4.69, 9.17) is 10.5 Å². The molecule has 1 saturated carbocycles. The summed E-state index contributed by atoms with van der Waals surface area (Å²) in [6.07, 6.45) is 2.92. The molecule has 1 aliphatic heterocycles. The number of benzene rings is 2. The monoisotopic (exact) mass is 493 g/mol. The van der Waals surface area contributed by atoms with Gasteiger partial charge in [-0.3, -0.25) is 4.90 Å². The number of amides is 1. The van der Waals surface area contributed by atoms with E-state index in [0.717, 1.165) is 42.4 Å². The Kier molecular flexibility index (Phi) is 5.84. The summed E-state index contributed by atoms with van der Waals surface area (Å²) in [4.78, 5) is 23.4. The largest absolute Gasteiger partial charge is 0.444 e. The molecule has 35 heavy (non-hydrogen) atoms. The van der Waals surface area contributed by atoms with Crippen molar-refractivity contribution in [3.05, 3.63) is 59.7 Å². The lowest BCUT2D eigenvalue weighted by Crippen LogP contribution is -2.39. The fourth-order valence-corrected chi connectivity index (χ4v) is 5.90. The molecule has 3 aromatic rings. The van der Waals surface area contributed by atoms with Crippen molar-refractivity contribution in [2.75, 3.05) is 15.4 Å². The number of aromatic nitrogens is 2. The van der Waals surface area contributed by atoms with Crippen LogP contribution in [0, 0.1) is 13.8 Å². The van der Waals surface area contributed by atoms with Gasteiger partial charge in [0.25, 0.3) is 10.0 Å². The van der Waals surface area contributed by atoms with Crippen LogP contribution in [0.15, 0.2) is 53.4 Å². The zero-order valence-electron chi connectivity index (χ0n) is 19.6. The molecule has 2 unspecified atom stereocenters. The molecule has 1 aliphatic carbocycles. The second kappa shape index (κ2) is 8.84. The van der Waals surface area contributed by atoms with Gasteiger partial charge >= 0.3 is 6.09 Å². The van der Waals surface area contributed by atoms with Crippen molar-refractivity contribution in [2.45, 2.75) is 56.6 Å².